The lowest BCUT2D eigenvalue weighted by Crippen LogP contribution is -2.27. The van der Waals surface area contributed by atoms with E-state index in [1.54, 1.807) is 0 Å². The first kappa shape index (κ1) is 21.8. The van der Waals surface area contributed by atoms with Crippen LogP contribution in [-0.4, -0.2) is 15.0 Å². The number of benzene rings is 2. The molecule has 0 aliphatic heterocycles. The molecule has 148 valence electrons. The van der Waals surface area contributed by atoms with Crippen LogP contribution in [0.3, 0.4) is 0 Å². The minimum Gasteiger partial charge on any atom is -0.355 e. The number of sulfonamides is 1. The van der Waals surface area contributed by atoms with Crippen molar-refractivity contribution in [1.29, 1.82) is 0 Å². The van der Waals surface area contributed by atoms with Crippen LogP contribution in [0.2, 0.25) is 10.0 Å². The molecule has 27 heavy (non-hydrogen) atoms. The first-order valence-corrected chi connectivity index (χ1v) is 10.2. The van der Waals surface area contributed by atoms with Gasteiger partial charge in [-0.2, -0.15) is 13.2 Å². The number of alkyl halides is 3. The maximum absolute atomic E-state index is 13.5. The number of anilines is 2. The van der Waals surface area contributed by atoms with Crippen molar-refractivity contribution in [3.63, 3.8) is 0 Å². The Morgan fingerprint density at radius 3 is 2.19 bits per heavy atom. The highest BCUT2D eigenvalue weighted by Gasteiger charge is 2.37. The molecule has 2 N–H and O–H groups in total. The third-order valence-corrected chi connectivity index (χ3v) is 5.50. The summed E-state index contributed by atoms with van der Waals surface area (Å²) in [5.41, 5.74) is -0.838. The quantitative estimate of drug-likeness (QED) is 0.532. The molecule has 2 rings (SSSR count). The fourth-order valence-electron chi connectivity index (χ4n) is 2.32. The second-order valence-corrected chi connectivity index (χ2v) is 8.35. The van der Waals surface area contributed by atoms with Gasteiger partial charge in [-0.05, 0) is 42.8 Å². The monoisotopic (exact) mass is 440 g/mol. The zero-order chi connectivity index (χ0) is 20.2. The molecule has 0 spiro atoms. The number of rotatable bonds is 7. The van der Waals surface area contributed by atoms with Gasteiger partial charge in [0.15, 0.2) is 0 Å². The van der Waals surface area contributed by atoms with Gasteiger partial charge in [0, 0.05) is 28.0 Å². The Morgan fingerprint density at radius 1 is 1.00 bits per heavy atom. The molecule has 0 aromatic heterocycles. The van der Waals surface area contributed by atoms with Crippen LogP contribution in [0.1, 0.15) is 25.3 Å². The van der Waals surface area contributed by atoms with Crippen molar-refractivity contribution in [2.24, 2.45) is 0 Å². The smallest absolute Gasteiger partial charge is 0.355 e. The lowest BCUT2D eigenvalue weighted by molar-refractivity contribution is -0.139. The summed E-state index contributed by atoms with van der Waals surface area (Å²) in [7, 11) is -4.29. The van der Waals surface area contributed by atoms with Crippen LogP contribution in [0.15, 0.2) is 41.3 Å². The van der Waals surface area contributed by atoms with Crippen LogP contribution in [-0.2, 0) is 16.2 Å². The Kier molecular flexibility index (Phi) is 7.02. The second-order valence-electron chi connectivity index (χ2n) is 5.74. The van der Waals surface area contributed by atoms with Crippen molar-refractivity contribution < 1.29 is 21.6 Å². The Hall–Kier alpha value is -1.48. The SMILES string of the molecule is CCCCNS(=O)(=O)c1ccc(Nc2cc(Cl)cc(Cl)c2)cc1C(F)(F)F. The van der Waals surface area contributed by atoms with E-state index < -0.39 is 26.7 Å². The van der Waals surface area contributed by atoms with E-state index in [1.807, 2.05) is 6.92 Å². The topological polar surface area (TPSA) is 58.2 Å². The van der Waals surface area contributed by atoms with Gasteiger partial charge in [0.1, 0.15) is 0 Å². The van der Waals surface area contributed by atoms with Crippen LogP contribution in [0, 0.1) is 0 Å². The molecule has 0 saturated carbocycles. The fraction of sp³-hybridized carbons (Fsp3) is 0.294. The van der Waals surface area contributed by atoms with E-state index in [9.17, 15) is 21.6 Å². The van der Waals surface area contributed by atoms with Crippen molar-refractivity contribution in [1.82, 2.24) is 4.72 Å². The van der Waals surface area contributed by atoms with Gasteiger partial charge in [-0.3, -0.25) is 0 Å². The van der Waals surface area contributed by atoms with Gasteiger partial charge in [-0.1, -0.05) is 36.5 Å². The van der Waals surface area contributed by atoms with Gasteiger partial charge in [-0.15, -0.1) is 0 Å². The number of nitrogens with one attached hydrogen (secondary N) is 2. The molecule has 0 fully saturated rings. The van der Waals surface area contributed by atoms with Gasteiger partial charge < -0.3 is 5.32 Å². The normalized spacial score (nSPS) is 12.2. The summed E-state index contributed by atoms with van der Waals surface area (Å²) >= 11 is 11.7. The van der Waals surface area contributed by atoms with Gasteiger partial charge in [0.25, 0.3) is 0 Å². The lowest BCUT2D eigenvalue weighted by Gasteiger charge is -2.16. The maximum atomic E-state index is 13.5. The highest BCUT2D eigenvalue weighted by Crippen LogP contribution is 2.37. The molecule has 0 aliphatic carbocycles. The summed E-state index contributed by atoms with van der Waals surface area (Å²) < 4.78 is 67.1. The highest BCUT2D eigenvalue weighted by molar-refractivity contribution is 7.89. The van der Waals surface area contributed by atoms with Gasteiger partial charge in [0.2, 0.25) is 10.0 Å². The zero-order valence-electron chi connectivity index (χ0n) is 14.2. The molecule has 0 saturated heterocycles. The van der Waals surface area contributed by atoms with Crippen molar-refractivity contribution in [3.8, 4) is 0 Å². The summed E-state index contributed by atoms with van der Waals surface area (Å²) in [6.45, 7) is 1.91. The summed E-state index contributed by atoms with van der Waals surface area (Å²) in [4.78, 5) is -0.819. The highest BCUT2D eigenvalue weighted by atomic mass is 35.5. The van der Waals surface area contributed by atoms with Crippen molar-refractivity contribution >= 4 is 44.6 Å². The maximum Gasteiger partial charge on any atom is 0.417 e. The minimum atomic E-state index is -4.85. The van der Waals surface area contributed by atoms with E-state index in [0.717, 1.165) is 12.1 Å². The number of hydrogen-bond acceptors (Lipinski definition) is 3. The molecule has 0 radical (unpaired) electrons. The molecular formula is C17H17Cl2F3N2O2S. The first-order valence-electron chi connectivity index (χ1n) is 7.97. The second kappa shape index (κ2) is 8.68. The Bertz CT molecular complexity index is 899. The summed E-state index contributed by atoms with van der Waals surface area (Å²) in [5.74, 6) is 0. The minimum absolute atomic E-state index is 0.0492. The van der Waals surface area contributed by atoms with Crippen LogP contribution >= 0.6 is 23.2 Å². The third-order valence-electron chi connectivity index (χ3n) is 3.55. The van der Waals surface area contributed by atoms with Gasteiger partial charge in [-0.25, -0.2) is 13.1 Å². The molecule has 0 bridgehead atoms. The molecule has 0 unspecified atom stereocenters. The summed E-state index contributed by atoms with van der Waals surface area (Å²) in [6.07, 6.45) is -3.62. The summed E-state index contributed by atoms with van der Waals surface area (Å²) in [5, 5.41) is 3.36. The number of halogens is 5. The molecule has 2 aromatic carbocycles. The van der Waals surface area contributed by atoms with E-state index in [-0.39, 0.29) is 12.2 Å². The van der Waals surface area contributed by atoms with Gasteiger partial charge in [0.05, 0.1) is 10.5 Å². The molecule has 0 amide bonds. The van der Waals surface area contributed by atoms with Crippen LogP contribution < -0.4 is 10.0 Å². The van der Waals surface area contributed by atoms with Crippen LogP contribution in [0.5, 0.6) is 0 Å². The van der Waals surface area contributed by atoms with E-state index in [1.165, 1.54) is 24.3 Å². The molecule has 0 aliphatic rings. The van der Waals surface area contributed by atoms with E-state index in [4.69, 9.17) is 23.2 Å². The van der Waals surface area contributed by atoms with Crippen molar-refractivity contribution in [2.45, 2.75) is 30.8 Å². The molecule has 0 atom stereocenters. The predicted octanol–water partition coefficient (Wildman–Crippen LogP) is 5.83. The van der Waals surface area contributed by atoms with Crippen molar-refractivity contribution in [3.05, 3.63) is 52.0 Å². The molecule has 10 heteroatoms. The molecule has 2 aromatic rings. The predicted molar refractivity (Wildman–Crippen MR) is 101 cm³/mol. The largest absolute Gasteiger partial charge is 0.417 e. The third kappa shape index (κ3) is 6.00. The van der Waals surface area contributed by atoms with Crippen molar-refractivity contribution in [2.75, 3.05) is 11.9 Å². The molecular weight excluding hydrogens is 424 g/mol. The Morgan fingerprint density at radius 2 is 1.63 bits per heavy atom. The van der Waals surface area contributed by atoms with E-state index >= 15 is 0 Å². The van der Waals surface area contributed by atoms with Crippen LogP contribution in [0.25, 0.3) is 0 Å². The number of hydrogen-bond donors (Lipinski definition) is 2. The Balaban J connectivity index is 2.41. The average Bonchev–Trinajstić information content (AvgIpc) is 2.53. The standard InChI is InChI=1S/C17H17Cl2F3N2O2S/c1-2-3-6-23-27(25,26)16-5-4-13(10-15(16)17(20,21)22)24-14-8-11(18)7-12(19)9-14/h4-5,7-10,23-24H,2-3,6H2,1H3. The summed E-state index contributed by atoms with van der Waals surface area (Å²) in [6, 6.07) is 7.36. The Labute approximate surface area is 165 Å². The van der Waals surface area contributed by atoms with E-state index in [2.05, 4.69) is 10.0 Å². The average molecular weight is 441 g/mol. The van der Waals surface area contributed by atoms with Crippen LogP contribution in [0.4, 0.5) is 24.5 Å². The van der Waals surface area contributed by atoms with Gasteiger partial charge >= 0.3 is 6.18 Å². The first-order chi connectivity index (χ1) is 12.5. The fourth-order valence-corrected chi connectivity index (χ4v) is 4.12. The number of unbranched alkanes of at least 4 members (excludes halogenated alkanes) is 1. The zero-order valence-corrected chi connectivity index (χ0v) is 16.5. The molecule has 4 nitrogen and oxygen atoms in total. The van der Waals surface area contributed by atoms with E-state index in [0.29, 0.717) is 28.6 Å². The molecule has 0 heterocycles. The lowest BCUT2D eigenvalue weighted by atomic mass is 10.2.